The number of carbonyl (C=O) groups excluding carboxylic acids is 4. The Labute approximate surface area is 234 Å². The highest BCUT2D eigenvalue weighted by Crippen LogP contribution is 2.52. The number of aliphatic hydroxyl groups excluding tert-OH is 1. The van der Waals surface area contributed by atoms with E-state index in [2.05, 4.69) is 15.4 Å². The maximum absolute atomic E-state index is 13.1. The van der Waals surface area contributed by atoms with Gasteiger partial charge in [-0.1, -0.05) is 13.0 Å². The number of aromatic carboxylic acids is 1. The van der Waals surface area contributed by atoms with Gasteiger partial charge < -0.3 is 40.0 Å². The van der Waals surface area contributed by atoms with E-state index in [1.807, 2.05) is 6.92 Å². The summed E-state index contributed by atoms with van der Waals surface area (Å²) < 4.78 is 14.5. The van der Waals surface area contributed by atoms with Gasteiger partial charge in [0.05, 0.1) is 36.3 Å². The molecule has 4 rings (SSSR count). The Morgan fingerprint density at radius 1 is 1.23 bits per heavy atom. The molecule has 0 aromatic heterocycles. The zero-order valence-corrected chi connectivity index (χ0v) is 22.9. The number of thioether (sulfide) groups is 1. The molecular formula is C26H31N3O10S. The van der Waals surface area contributed by atoms with Crippen molar-refractivity contribution in [1.29, 1.82) is 0 Å². The Bertz CT molecular complexity index is 1230. The maximum Gasteiger partial charge on any atom is 0.511 e. The number of carbonyl (C=O) groups is 5. The predicted octanol–water partition coefficient (Wildman–Crippen LogP) is 1.53. The van der Waals surface area contributed by atoms with E-state index >= 15 is 0 Å². The molecular weight excluding hydrogens is 546 g/mol. The van der Waals surface area contributed by atoms with E-state index < -0.39 is 54.9 Å². The van der Waals surface area contributed by atoms with Crippen LogP contribution in [0.5, 0.6) is 0 Å². The van der Waals surface area contributed by atoms with E-state index in [1.165, 1.54) is 41.8 Å². The number of benzene rings is 1. The van der Waals surface area contributed by atoms with Crippen LogP contribution in [-0.2, 0) is 28.6 Å². The fraction of sp³-hybridized carbons (Fsp3) is 0.500. The Morgan fingerprint density at radius 2 is 1.98 bits per heavy atom. The summed E-state index contributed by atoms with van der Waals surface area (Å²) in [5.41, 5.74) is 0.446. The second kappa shape index (κ2) is 12.3. The molecule has 14 heteroatoms. The molecule has 4 N–H and O–H groups in total. The number of amides is 2. The molecule has 0 bridgehead atoms. The lowest BCUT2D eigenvalue weighted by Crippen LogP contribution is -2.63. The third kappa shape index (κ3) is 5.93. The molecule has 6 atom stereocenters. The molecule has 216 valence electrons. The van der Waals surface area contributed by atoms with Gasteiger partial charge in [0.2, 0.25) is 18.6 Å². The zero-order valence-electron chi connectivity index (χ0n) is 22.1. The number of β-lactam (4-membered cyclic amide) rings is 1. The number of hydrogen-bond acceptors (Lipinski definition) is 11. The van der Waals surface area contributed by atoms with Crippen LogP contribution in [0.4, 0.5) is 10.5 Å². The third-order valence-corrected chi connectivity index (χ3v) is 8.52. The van der Waals surface area contributed by atoms with Gasteiger partial charge in [-0.3, -0.25) is 9.59 Å². The molecule has 0 saturated carbocycles. The molecule has 3 aliphatic rings. The van der Waals surface area contributed by atoms with Crippen LogP contribution >= 0.6 is 11.8 Å². The molecule has 0 aliphatic carbocycles. The van der Waals surface area contributed by atoms with Crippen molar-refractivity contribution in [2.75, 3.05) is 25.3 Å². The van der Waals surface area contributed by atoms with E-state index in [4.69, 9.17) is 9.47 Å². The summed E-state index contributed by atoms with van der Waals surface area (Å²) in [7, 11) is 0. The molecule has 3 heterocycles. The van der Waals surface area contributed by atoms with Crippen molar-refractivity contribution in [2.24, 2.45) is 11.8 Å². The van der Waals surface area contributed by atoms with Crippen LogP contribution in [0, 0.1) is 11.8 Å². The summed E-state index contributed by atoms with van der Waals surface area (Å²) in [6.45, 7) is 4.80. The average Bonchev–Trinajstić information content (AvgIpc) is 3.46. The Balaban J connectivity index is 1.45. The fourth-order valence-corrected chi connectivity index (χ4v) is 6.63. The van der Waals surface area contributed by atoms with E-state index in [0.29, 0.717) is 23.6 Å². The molecule has 3 aliphatic heterocycles. The number of hydrogen-bond donors (Lipinski definition) is 4. The zero-order chi connectivity index (χ0) is 29.1. The number of carboxylic acids is 1. The first-order valence-electron chi connectivity index (χ1n) is 12.8. The van der Waals surface area contributed by atoms with Gasteiger partial charge >= 0.3 is 18.1 Å². The van der Waals surface area contributed by atoms with Crippen LogP contribution in [0.1, 0.15) is 37.6 Å². The molecule has 2 amide bonds. The summed E-state index contributed by atoms with van der Waals surface area (Å²) in [5, 5.41) is 25.1. The van der Waals surface area contributed by atoms with Gasteiger partial charge in [0.15, 0.2) is 0 Å². The summed E-state index contributed by atoms with van der Waals surface area (Å²) in [6, 6.07) is 4.93. The van der Waals surface area contributed by atoms with Gasteiger partial charge in [-0.2, -0.15) is 0 Å². The Hall–Kier alpha value is -3.62. The van der Waals surface area contributed by atoms with Crippen LogP contribution in [-0.4, -0.2) is 88.4 Å². The van der Waals surface area contributed by atoms with E-state index in [9.17, 15) is 34.2 Å². The standard InChI is InChI=1S/C26H31N3O10S/c1-4-37-26(36)39-11-38-25(35)20-21(12(2)19-18(13(3)30)23(32)29(19)20)40-16-9-17(27-10-16)22(31)28-15-7-5-6-14(8-15)24(33)34/h5-8,12-13,16-19,27,30H,4,9-11H2,1-3H3,(H,28,31)(H,33,34)/t12-,13-,16+,17+,18-,19-/m1/s1. The second-order valence-electron chi connectivity index (χ2n) is 9.66. The predicted molar refractivity (Wildman–Crippen MR) is 141 cm³/mol. The van der Waals surface area contributed by atoms with E-state index in [0.717, 1.165) is 0 Å². The number of ether oxygens (including phenoxy) is 3. The highest BCUT2D eigenvalue weighted by atomic mass is 32.2. The van der Waals surface area contributed by atoms with Crippen molar-refractivity contribution >= 4 is 47.4 Å². The maximum atomic E-state index is 13.1. The van der Waals surface area contributed by atoms with Crippen molar-refractivity contribution in [3.63, 3.8) is 0 Å². The fourth-order valence-electron chi connectivity index (χ4n) is 5.16. The number of nitrogens with zero attached hydrogens (tertiary/aromatic N) is 1. The summed E-state index contributed by atoms with van der Waals surface area (Å²) in [6.07, 6.45) is -1.51. The minimum Gasteiger partial charge on any atom is -0.478 e. The summed E-state index contributed by atoms with van der Waals surface area (Å²) in [5.74, 6) is -3.64. The van der Waals surface area contributed by atoms with Crippen LogP contribution in [0.25, 0.3) is 0 Å². The SMILES string of the molecule is CCOC(=O)OCOC(=O)C1=C(S[C@@H]2CN[C@H](C(=O)Nc3cccc(C(=O)O)c3)C2)[C@H](C)[C@@H]2[C@@H]([C@@H](C)O)C(=O)N12. The quantitative estimate of drug-likeness (QED) is 0.179. The summed E-state index contributed by atoms with van der Waals surface area (Å²) in [4.78, 5) is 63.4. The highest BCUT2D eigenvalue weighted by molar-refractivity contribution is 8.03. The smallest absolute Gasteiger partial charge is 0.478 e. The second-order valence-corrected chi connectivity index (χ2v) is 11.0. The van der Waals surface area contributed by atoms with E-state index in [1.54, 1.807) is 13.0 Å². The molecule has 0 spiro atoms. The number of anilines is 1. The number of fused-ring (bicyclic) bond motifs is 1. The number of rotatable bonds is 10. The van der Waals surface area contributed by atoms with Gasteiger partial charge in [0.25, 0.3) is 0 Å². The molecule has 13 nitrogen and oxygen atoms in total. The normalized spacial score (nSPS) is 26.1. The Kier molecular flexibility index (Phi) is 9.01. The van der Waals surface area contributed by atoms with Gasteiger partial charge in [0, 0.05) is 28.3 Å². The average molecular weight is 578 g/mol. The van der Waals surface area contributed by atoms with Gasteiger partial charge in [-0.25, -0.2) is 14.4 Å². The van der Waals surface area contributed by atoms with Crippen LogP contribution in [0.3, 0.4) is 0 Å². The molecule has 0 radical (unpaired) electrons. The first-order valence-corrected chi connectivity index (χ1v) is 13.7. The van der Waals surface area contributed by atoms with Crippen molar-refractivity contribution in [1.82, 2.24) is 10.2 Å². The minimum absolute atomic E-state index is 0.0373. The molecule has 2 saturated heterocycles. The van der Waals surface area contributed by atoms with Crippen LogP contribution in [0.15, 0.2) is 34.9 Å². The molecule has 40 heavy (non-hydrogen) atoms. The molecule has 0 unspecified atom stereocenters. The monoisotopic (exact) mass is 577 g/mol. The molecule has 2 fully saturated rings. The minimum atomic E-state index is -1.10. The number of aliphatic hydroxyl groups is 1. The van der Waals surface area contributed by atoms with Gasteiger partial charge in [0.1, 0.15) is 5.70 Å². The lowest BCUT2D eigenvalue weighted by Gasteiger charge is -2.46. The van der Waals surface area contributed by atoms with Crippen molar-refractivity contribution in [3.8, 4) is 0 Å². The first-order chi connectivity index (χ1) is 19.0. The third-order valence-electron chi connectivity index (χ3n) is 7.01. The number of nitrogens with one attached hydrogen (secondary N) is 2. The molecule has 1 aromatic carbocycles. The molecule has 1 aromatic rings. The number of esters is 1. The topological polar surface area (TPSA) is 181 Å². The Morgan fingerprint density at radius 3 is 2.65 bits per heavy atom. The largest absolute Gasteiger partial charge is 0.511 e. The van der Waals surface area contributed by atoms with Gasteiger partial charge in [-0.05, 0) is 38.5 Å². The lowest BCUT2D eigenvalue weighted by atomic mass is 9.79. The van der Waals surface area contributed by atoms with Crippen molar-refractivity contribution in [3.05, 3.63) is 40.4 Å². The van der Waals surface area contributed by atoms with Crippen LogP contribution in [0.2, 0.25) is 0 Å². The van der Waals surface area contributed by atoms with E-state index in [-0.39, 0.29) is 34.9 Å². The van der Waals surface area contributed by atoms with Gasteiger partial charge in [-0.15, -0.1) is 11.8 Å². The first kappa shape index (κ1) is 29.4. The highest BCUT2D eigenvalue weighted by Gasteiger charge is 2.60. The van der Waals surface area contributed by atoms with Crippen molar-refractivity contribution < 1.29 is 48.4 Å². The lowest BCUT2D eigenvalue weighted by molar-refractivity contribution is -0.166. The van der Waals surface area contributed by atoms with Crippen molar-refractivity contribution in [2.45, 2.75) is 50.6 Å². The number of carboxylic acid groups (broad SMARTS) is 1. The van der Waals surface area contributed by atoms with Crippen LogP contribution < -0.4 is 10.6 Å². The summed E-state index contributed by atoms with van der Waals surface area (Å²) >= 11 is 1.35.